The zero-order valence-corrected chi connectivity index (χ0v) is 12.3. The van der Waals surface area contributed by atoms with Crippen molar-refractivity contribution in [2.24, 2.45) is 5.92 Å². The summed E-state index contributed by atoms with van der Waals surface area (Å²) in [6.45, 7) is 1.27. The maximum absolute atomic E-state index is 12.5. The summed E-state index contributed by atoms with van der Waals surface area (Å²) in [7, 11) is 0. The number of hydrogen-bond acceptors (Lipinski definition) is 4. The van der Waals surface area contributed by atoms with E-state index in [0.717, 1.165) is 23.1 Å². The van der Waals surface area contributed by atoms with E-state index in [-0.39, 0.29) is 18.2 Å². The minimum Gasteiger partial charge on any atom is -0.481 e. The summed E-state index contributed by atoms with van der Waals surface area (Å²) < 4.78 is 1.02. The number of thiazole rings is 1. The predicted molar refractivity (Wildman–Crippen MR) is 80.5 cm³/mol. The maximum Gasteiger partial charge on any atom is 0.303 e. The second-order valence-corrected chi connectivity index (χ2v) is 6.25. The van der Waals surface area contributed by atoms with Gasteiger partial charge >= 0.3 is 5.97 Å². The smallest absolute Gasteiger partial charge is 0.303 e. The van der Waals surface area contributed by atoms with Crippen LogP contribution in [0.25, 0.3) is 10.2 Å². The summed E-state index contributed by atoms with van der Waals surface area (Å²) in [4.78, 5) is 29.2. The standard InChI is InChI=1S/C15H16N2O3S/c18-14(19)7-10-3-5-17(6-4-10)15(20)11-1-2-12-13(8-11)21-9-16-12/h1-2,8-10H,3-7H2,(H,18,19). The number of likely N-dealkylation sites (tertiary alicyclic amines) is 1. The fourth-order valence-corrected chi connectivity index (χ4v) is 3.47. The SMILES string of the molecule is O=C(O)CC1CCN(C(=O)c2ccc3ncsc3c2)CC1. The summed E-state index contributed by atoms with van der Waals surface area (Å²) in [5.74, 6) is -0.537. The van der Waals surface area contributed by atoms with Gasteiger partial charge < -0.3 is 10.0 Å². The fraction of sp³-hybridized carbons (Fsp3) is 0.400. The number of fused-ring (bicyclic) bond motifs is 1. The Morgan fingerprint density at radius 2 is 2.10 bits per heavy atom. The van der Waals surface area contributed by atoms with Crippen molar-refractivity contribution in [3.05, 3.63) is 29.3 Å². The Balaban J connectivity index is 1.67. The van der Waals surface area contributed by atoms with E-state index in [4.69, 9.17) is 5.11 Å². The first kappa shape index (κ1) is 14.0. The molecule has 6 heteroatoms. The highest BCUT2D eigenvalue weighted by Gasteiger charge is 2.25. The number of carbonyl (C=O) groups is 2. The molecule has 3 rings (SSSR count). The number of aromatic nitrogens is 1. The third kappa shape index (κ3) is 3.05. The molecule has 1 aliphatic heterocycles. The molecular weight excluding hydrogens is 288 g/mol. The minimum atomic E-state index is -0.754. The zero-order valence-electron chi connectivity index (χ0n) is 11.5. The van der Waals surface area contributed by atoms with Gasteiger partial charge in [-0.05, 0) is 37.0 Å². The van der Waals surface area contributed by atoms with Gasteiger partial charge in [0.2, 0.25) is 0 Å². The molecule has 2 heterocycles. The Hall–Kier alpha value is -1.95. The van der Waals surface area contributed by atoms with Gasteiger partial charge in [-0.15, -0.1) is 11.3 Å². The van der Waals surface area contributed by atoms with Gasteiger partial charge in [0, 0.05) is 25.1 Å². The molecule has 5 nitrogen and oxygen atoms in total. The number of rotatable bonds is 3. The summed E-state index contributed by atoms with van der Waals surface area (Å²) in [6.07, 6.45) is 1.73. The second kappa shape index (κ2) is 5.81. The number of carboxylic acids is 1. The van der Waals surface area contributed by atoms with Gasteiger partial charge in [0.15, 0.2) is 0 Å². The van der Waals surface area contributed by atoms with E-state index in [1.807, 2.05) is 23.1 Å². The molecule has 0 unspecified atom stereocenters. The molecule has 0 bridgehead atoms. The Bertz CT molecular complexity index is 674. The Morgan fingerprint density at radius 3 is 2.81 bits per heavy atom. The van der Waals surface area contributed by atoms with Crippen LogP contribution in [0, 0.1) is 5.92 Å². The number of carbonyl (C=O) groups excluding carboxylic acids is 1. The third-order valence-corrected chi connectivity index (χ3v) is 4.74. The highest BCUT2D eigenvalue weighted by atomic mass is 32.1. The van der Waals surface area contributed by atoms with Gasteiger partial charge in [-0.2, -0.15) is 0 Å². The molecule has 1 aromatic carbocycles. The molecule has 1 aliphatic rings. The molecule has 0 radical (unpaired) electrons. The number of piperidine rings is 1. The normalized spacial score (nSPS) is 16.3. The zero-order chi connectivity index (χ0) is 14.8. The lowest BCUT2D eigenvalue weighted by molar-refractivity contribution is -0.138. The number of amides is 1. The minimum absolute atomic E-state index is 0.0269. The molecule has 0 spiro atoms. The Labute approximate surface area is 126 Å². The van der Waals surface area contributed by atoms with Crippen LogP contribution in [0.4, 0.5) is 0 Å². The van der Waals surface area contributed by atoms with E-state index in [9.17, 15) is 9.59 Å². The third-order valence-electron chi connectivity index (χ3n) is 3.94. The van der Waals surface area contributed by atoms with Gasteiger partial charge in [-0.3, -0.25) is 9.59 Å². The van der Waals surface area contributed by atoms with Crippen molar-refractivity contribution in [2.45, 2.75) is 19.3 Å². The van der Waals surface area contributed by atoms with Crippen molar-refractivity contribution in [3.8, 4) is 0 Å². The first-order valence-electron chi connectivity index (χ1n) is 6.98. The van der Waals surface area contributed by atoms with E-state index in [1.54, 1.807) is 5.51 Å². The molecule has 1 saturated heterocycles. The number of carboxylic acid groups (broad SMARTS) is 1. The highest BCUT2D eigenvalue weighted by molar-refractivity contribution is 7.16. The molecule has 110 valence electrons. The fourth-order valence-electron chi connectivity index (χ4n) is 2.76. The van der Waals surface area contributed by atoms with Crippen LogP contribution in [-0.2, 0) is 4.79 Å². The van der Waals surface area contributed by atoms with Crippen molar-refractivity contribution < 1.29 is 14.7 Å². The first-order chi connectivity index (χ1) is 10.1. The number of aliphatic carboxylic acids is 1. The monoisotopic (exact) mass is 304 g/mol. The number of benzene rings is 1. The maximum atomic E-state index is 12.5. The van der Waals surface area contributed by atoms with Gasteiger partial charge in [-0.25, -0.2) is 4.98 Å². The van der Waals surface area contributed by atoms with E-state index in [1.165, 1.54) is 11.3 Å². The molecule has 1 aromatic heterocycles. The lowest BCUT2D eigenvalue weighted by Gasteiger charge is -2.31. The molecule has 2 aromatic rings. The van der Waals surface area contributed by atoms with E-state index in [2.05, 4.69) is 4.98 Å². The Morgan fingerprint density at radius 1 is 1.33 bits per heavy atom. The molecule has 0 aliphatic carbocycles. The van der Waals surface area contributed by atoms with Crippen LogP contribution in [0.3, 0.4) is 0 Å². The van der Waals surface area contributed by atoms with E-state index >= 15 is 0 Å². The van der Waals surface area contributed by atoms with Crippen LogP contribution in [0.15, 0.2) is 23.7 Å². The second-order valence-electron chi connectivity index (χ2n) is 5.37. The van der Waals surface area contributed by atoms with Crippen LogP contribution in [-0.4, -0.2) is 40.0 Å². The van der Waals surface area contributed by atoms with Crippen LogP contribution < -0.4 is 0 Å². The molecule has 1 fully saturated rings. The van der Waals surface area contributed by atoms with Crippen molar-refractivity contribution in [1.29, 1.82) is 0 Å². The molecule has 1 amide bonds. The average Bonchev–Trinajstić information content (AvgIpc) is 2.94. The van der Waals surface area contributed by atoms with Gasteiger partial charge in [0.25, 0.3) is 5.91 Å². The predicted octanol–water partition coefficient (Wildman–Crippen LogP) is 2.62. The highest BCUT2D eigenvalue weighted by Crippen LogP contribution is 2.24. The summed E-state index contributed by atoms with van der Waals surface area (Å²) in [5, 5.41) is 8.81. The topological polar surface area (TPSA) is 70.5 Å². The molecular formula is C15H16N2O3S. The van der Waals surface area contributed by atoms with Gasteiger partial charge in [0.05, 0.1) is 15.7 Å². The largest absolute Gasteiger partial charge is 0.481 e. The molecule has 0 saturated carbocycles. The van der Waals surface area contributed by atoms with Gasteiger partial charge in [0.1, 0.15) is 0 Å². The summed E-state index contributed by atoms with van der Waals surface area (Å²) in [6, 6.07) is 5.57. The summed E-state index contributed by atoms with van der Waals surface area (Å²) in [5.41, 5.74) is 3.37. The van der Waals surface area contributed by atoms with Crippen molar-refractivity contribution >= 4 is 33.4 Å². The van der Waals surface area contributed by atoms with Crippen LogP contribution in [0.1, 0.15) is 29.6 Å². The van der Waals surface area contributed by atoms with E-state index < -0.39 is 5.97 Å². The van der Waals surface area contributed by atoms with Crippen LogP contribution in [0.5, 0.6) is 0 Å². The molecule has 21 heavy (non-hydrogen) atoms. The van der Waals surface area contributed by atoms with Gasteiger partial charge in [-0.1, -0.05) is 0 Å². The van der Waals surface area contributed by atoms with Crippen molar-refractivity contribution in [2.75, 3.05) is 13.1 Å². The number of nitrogens with zero attached hydrogens (tertiary/aromatic N) is 2. The Kier molecular flexibility index (Phi) is 3.88. The quantitative estimate of drug-likeness (QED) is 0.946. The average molecular weight is 304 g/mol. The van der Waals surface area contributed by atoms with E-state index in [0.29, 0.717) is 18.7 Å². The van der Waals surface area contributed by atoms with Crippen molar-refractivity contribution in [1.82, 2.24) is 9.88 Å². The molecule has 1 N–H and O–H groups in total. The first-order valence-corrected chi connectivity index (χ1v) is 7.86. The van der Waals surface area contributed by atoms with Crippen LogP contribution in [0.2, 0.25) is 0 Å². The lowest BCUT2D eigenvalue weighted by atomic mass is 9.93. The number of hydrogen-bond donors (Lipinski definition) is 1. The molecule has 0 atom stereocenters. The van der Waals surface area contributed by atoms with Crippen molar-refractivity contribution in [3.63, 3.8) is 0 Å². The van der Waals surface area contributed by atoms with Crippen LogP contribution >= 0.6 is 11.3 Å². The lowest BCUT2D eigenvalue weighted by Crippen LogP contribution is -2.38. The summed E-state index contributed by atoms with van der Waals surface area (Å²) >= 11 is 1.53.